The molecular formula is C20H16N2O5. The van der Waals surface area contributed by atoms with Crippen LogP contribution in [-0.4, -0.2) is 28.5 Å². The van der Waals surface area contributed by atoms with Gasteiger partial charge in [-0.25, -0.2) is 4.79 Å². The van der Waals surface area contributed by atoms with Gasteiger partial charge in [-0.2, -0.15) is 0 Å². The van der Waals surface area contributed by atoms with E-state index in [2.05, 4.69) is 9.97 Å². The Morgan fingerprint density at radius 1 is 1.30 bits per heavy atom. The van der Waals surface area contributed by atoms with Gasteiger partial charge in [0.15, 0.2) is 5.75 Å². The maximum Gasteiger partial charge on any atom is 0.343 e. The van der Waals surface area contributed by atoms with Gasteiger partial charge in [-0.15, -0.1) is 0 Å². The number of benzene rings is 1. The largest absolute Gasteiger partial charge is 0.462 e. The molecule has 0 saturated carbocycles. The number of carbonyl (C=O) groups is 2. The highest BCUT2D eigenvalue weighted by molar-refractivity contribution is 5.95. The number of fused-ring (bicyclic) bond motifs is 2. The Balaban J connectivity index is 1.96. The van der Waals surface area contributed by atoms with Crippen LogP contribution in [0.1, 0.15) is 40.7 Å². The Morgan fingerprint density at radius 2 is 2.11 bits per heavy atom. The van der Waals surface area contributed by atoms with E-state index in [1.165, 1.54) is 6.20 Å². The van der Waals surface area contributed by atoms with Crippen molar-refractivity contribution in [2.24, 2.45) is 0 Å². The summed E-state index contributed by atoms with van der Waals surface area (Å²) in [5.74, 6) is -1.74. The second-order valence-corrected chi connectivity index (χ2v) is 6.14. The van der Waals surface area contributed by atoms with Crippen molar-refractivity contribution in [3.05, 3.63) is 69.8 Å². The number of hydrogen-bond donors (Lipinski definition) is 1. The third-order valence-electron chi connectivity index (χ3n) is 4.57. The number of carbonyl (C=O) groups excluding carboxylic acids is 2. The van der Waals surface area contributed by atoms with Gasteiger partial charge in [-0.05, 0) is 24.6 Å². The predicted octanol–water partition coefficient (Wildman–Crippen LogP) is 2.54. The van der Waals surface area contributed by atoms with Crippen LogP contribution in [0.4, 0.5) is 0 Å². The summed E-state index contributed by atoms with van der Waals surface area (Å²) in [5, 5.41) is 0.839. The molecule has 3 heterocycles. The molecule has 4 rings (SSSR count). The minimum atomic E-state index is -0.655. The first-order chi connectivity index (χ1) is 13.1. The molecular weight excluding hydrogens is 348 g/mol. The number of nitrogens with one attached hydrogen (secondary N) is 1. The minimum Gasteiger partial charge on any atom is -0.462 e. The molecule has 7 heteroatoms. The summed E-state index contributed by atoms with van der Waals surface area (Å²) in [6.45, 7) is 1.84. The van der Waals surface area contributed by atoms with Gasteiger partial charge in [-0.3, -0.25) is 14.6 Å². The van der Waals surface area contributed by atoms with Crippen molar-refractivity contribution in [2.75, 3.05) is 6.61 Å². The zero-order chi connectivity index (χ0) is 19.0. The summed E-state index contributed by atoms with van der Waals surface area (Å²) in [6, 6.07) is 9.27. The average molecular weight is 364 g/mol. The zero-order valence-electron chi connectivity index (χ0n) is 14.5. The van der Waals surface area contributed by atoms with Crippen LogP contribution in [0, 0.1) is 0 Å². The van der Waals surface area contributed by atoms with Crippen LogP contribution >= 0.6 is 0 Å². The van der Waals surface area contributed by atoms with Crippen molar-refractivity contribution in [1.82, 2.24) is 9.97 Å². The van der Waals surface area contributed by atoms with Crippen molar-refractivity contribution in [1.29, 1.82) is 0 Å². The Labute approximate surface area is 154 Å². The molecule has 0 saturated heterocycles. The van der Waals surface area contributed by atoms with Gasteiger partial charge in [0, 0.05) is 23.7 Å². The third-order valence-corrected chi connectivity index (χ3v) is 4.57. The summed E-state index contributed by atoms with van der Waals surface area (Å²) in [4.78, 5) is 44.0. The fourth-order valence-corrected chi connectivity index (χ4v) is 3.43. The first-order valence-electron chi connectivity index (χ1n) is 8.57. The Bertz CT molecular complexity index is 1110. The molecule has 136 valence electrons. The van der Waals surface area contributed by atoms with Gasteiger partial charge in [0.2, 0.25) is 0 Å². The van der Waals surface area contributed by atoms with Crippen LogP contribution in [0.5, 0.6) is 5.75 Å². The van der Waals surface area contributed by atoms with E-state index in [0.717, 1.165) is 16.5 Å². The van der Waals surface area contributed by atoms with Gasteiger partial charge < -0.3 is 14.5 Å². The van der Waals surface area contributed by atoms with E-state index in [-0.39, 0.29) is 29.9 Å². The molecule has 0 fully saturated rings. The molecule has 1 aliphatic heterocycles. The van der Waals surface area contributed by atoms with E-state index in [9.17, 15) is 14.4 Å². The molecule has 0 spiro atoms. The standard InChI is InChI=1S/C20H16N2O5/c1-2-26-20(25)14-10-22-19(24)17-13(9-16(23)27-18(14)17)11-7-8-21-15-6-4-3-5-12(11)15/h3-8,10,13H,2,9H2,1H3,(H,22,24)/t13-/m1/s1. The highest BCUT2D eigenvalue weighted by Gasteiger charge is 2.35. The van der Waals surface area contributed by atoms with Gasteiger partial charge in [0.25, 0.3) is 5.56 Å². The molecule has 0 aliphatic carbocycles. The summed E-state index contributed by atoms with van der Waals surface area (Å²) in [7, 11) is 0. The van der Waals surface area contributed by atoms with Gasteiger partial charge in [-0.1, -0.05) is 18.2 Å². The fourth-order valence-electron chi connectivity index (χ4n) is 3.43. The van der Waals surface area contributed by atoms with Crippen LogP contribution < -0.4 is 10.3 Å². The minimum absolute atomic E-state index is 0.00360. The van der Waals surface area contributed by atoms with Crippen LogP contribution in [0.15, 0.2) is 47.5 Å². The van der Waals surface area contributed by atoms with Crippen molar-refractivity contribution < 1.29 is 19.1 Å². The number of pyridine rings is 2. The molecule has 0 unspecified atom stereocenters. The van der Waals surface area contributed by atoms with E-state index in [4.69, 9.17) is 9.47 Å². The normalized spacial score (nSPS) is 15.9. The highest BCUT2D eigenvalue weighted by atomic mass is 16.5. The number of para-hydroxylation sites is 1. The fraction of sp³-hybridized carbons (Fsp3) is 0.200. The number of aromatic nitrogens is 2. The smallest absolute Gasteiger partial charge is 0.343 e. The van der Waals surface area contributed by atoms with Crippen molar-refractivity contribution >= 4 is 22.8 Å². The molecule has 0 radical (unpaired) electrons. The van der Waals surface area contributed by atoms with E-state index < -0.39 is 23.4 Å². The summed E-state index contributed by atoms with van der Waals surface area (Å²) < 4.78 is 10.3. The van der Waals surface area contributed by atoms with Crippen LogP contribution in [0.2, 0.25) is 0 Å². The number of esters is 2. The van der Waals surface area contributed by atoms with Gasteiger partial charge in [0.1, 0.15) is 5.56 Å². The Kier molecular flexibility index (Phi) is 4.19. The maximum atomic E-state index is 12.6. The van der Waals surface area contributed by atoms with Gasteiger partial charge >= 0.3 is 11.9 Å². The molecule has 2 aromatic heterocycles. The van der Waals surface area contributed by atoms with E-state index >= 15 is 0 Å². The molecule has 0 bridgehead atoms. The monoisotopic (exact) mass is 364 g/mol. The molecule has 0 amide bonds. The number of aromatic amines is 1. The van der Waals surface area contributed by atoms with E-state index in [0.29, 0.717) is 0 Å². The zero-order valence-corrected chi connectivity index (χ0v) is 14.5. The molecule has 1 atom stereocenters. The van der Waals surface area contributed by atoms with Crippen LogP contribution in [-0.2, 0) is 9.53 Å². The number of hydrogen-bond acceptors (Lipinski definition) is 6. The summed E-state index contributed by atoms with van der Waals surface area (Å²) >= 11 is 0. The first kappa shape index (κ1) is 17.0. The highest BCUT2D eigenvalue weighted by Crippen LogP contribution is 2.40. The molecule has 1 aliphatic rings. The first-order valence-corrected chi connectivity index (χ1v) is 8.57. The quantitative estimate of drug-likeness (QED) is 0.717. The van der Waals surface area contributed by atoms with Crippen LogP contribution in [0.3, 0.4) is 0 Å². The SMILES string of the molecule is CCOC(=O)c1c[nH]c(=O)c2c1OC(=O)C[C@@H]2c1ccnc2ccccc12. The lowest BCUT2D eigenvalue weighted by molar-refractivity contribution is -0.135. The molecule has 7 nitrogen and oxygen atoms in total. The Morgan fingerprint density at radius 3 is 2.93 bits per heavy atom. The van der Waals surface area contributed by atoms with Crippen molar-refractivity contribution in [3.8, 4) is 5.75 Å². The average Bonchev–Trinajstić information content (AvgIpc) is 2.67. The Hall–Kier alpha value is -3.48. The molecule has 3 aromatic rings. The molecule has 1 aromatic carbocycles. The van der Waals surface area contributed by atoms with Crippen molar-refractivity contribution in [2.45, 2.75) is 19.3 Å². The topological polar surface area (TPSA) is 98.4 Å². The lowest BCUT2D eigenvalue weighted by Crippen LogP contribution is -2.30. The second kappa shape index (κ2) is 6.68. The van der Waals surface area contributed by atoms with Crippen molar-refractivity contribution in [3.63, 3.8) is 0 Å². The number of ether oxygens (including phenoxy) is 2. The molecule has 1 N–H and O–H groups in total. The third kappa shape index (κ3) is 2.87. The van der Waals surface area contributed by atoms with Gasteiger partial charge in [0.05, 0.1) is 24.1 Å². The predicted molar refractivity (Wildman–Crippen MR) is 96.9 cm³/mol. The van der Waals surface area contributed by atoms with E-state index in [1.807, 2.05) is 24.3 Å². The maximum absolute atomic E-state index is 12.6. The number of H-pyrrole nitrogens is 1. The number of rotatable bonds is 3. The van der Waals surface area contributed by atoms with E-state index in [1.54, 1.807) is 19.2 Å². The lowest BCUT2D eigenvalue weighted by Gasteiger charge is -2.25. The summed E-state index contributed by atoms with van der Waals surface area (Å²) in [6.07, 6.45) is 2.86. The van der Waals surface area contributed by atoms with Crippen LogP contribution in [0.25, 0.3) is 10.9 Å². The number of nitrogens with zero attached hydrogens (tertiary/aromatic N) is 1. The molecule has 27 heavy (non-hydrogen) atoms. The lowest BCUT2D eigenvalue weighted by atomic mass is 9.85. The second-order valence-electron chi connectivity index (χ2n) is 6.14. The summed E-state index contributed by atoms with van der Waals surface area (Å²) in [5.41, 5.74) is 1.41.